The number of aromatic amines is 1. The second-order valence-electron chi connectivity index (χ2n) is 6.28. The largest absolute Gasteiger partial charge is 0.496 e. The number of hydrogen-bond donors (Lipinski definition) is 2. The Bertz CT molecular complexity index is 1200. The van der Waals surface area contributed by atoms with E-state index in [0.717, 1.165) is 16.3 Å². The van der Waals surface area contributed by atoms with Gasteiger partial charge in [0.25, 0.3) is 5.91 Å². The van der Waals surface area contributed by atoms with Crippen molar-refractivity contribution in [2.45, 2.75) is 0 Å². The van der Waals surface area contributed by atoms with Gasteiger partial charge in [-0.05, 0) is 40.6 Å². The summed E-state index contributed by atoms with van der Waals surface area (Å²) in [5, 5.41) is 12.9. The number of rotatable bonds is 5. The maximum absolute atomic E-state index is 12.9. The topological polar surface area (TPSA) is 79.4 Å². The van der Waals surface area contributed by atoms with Crippen LogP contribution in [0.1, 0.15) is 16.1 Å². The number of fused-ring (bicyclic) bond motifs is 1. The fraction of sp³-hybridized carbons (Fsp3) is 0.0455. The van der Waals surface area contributed by atoms with Crippen molar-refractivity contribution in [1.29, 1.82) is 0 Å². The quantitative estimate of drug-likeness (QED) is 0.398. The molecule has 4 rings (SSSR count). The number of carbonyl (C=O) groups excluding carboxylic acids is 1. The molecule has 1 aromatic heterocycles. The Balaban J connectivity index is 1.58. The molecule has 0 fully saturated rings. The molecule has 0 radical (unpaired) electrons. The fourth-order valence-electron chi connectivity index (χ4n) is 3.03. The van der Waals surface area contributed by atoms with Gasteiger partial charge in [-0.1, -0.05) is 42.5 Å². The van der Waals surface area contributed by atoms with Crippen LogP contribution in [-0.4, -0.2) is 29.4 Å². The molecule has 0 unspecified atom stereocenters. The molecule has 0 bridgehead atoms. The van der Waals surface area contributed by atoms with E-state index in [1.807, 2.05) is 36.4 Å². The summed E-state index contributed by atoms with van der Waals surface area (Å²) >= 11 is 0. The highest BCUT2D eigenvalue weighted by atomic mass is 19.1. The lowest BCUT2D eigenvalue weighted by Crippen LogP contribution is -2.18. The van der Waals surface area contributed by atoms with Crippen molar-refractivity contribution in [3.05, 3.63) is 83.8 Å². The van der Waals surface area contributed by atoms with Gasteiger partial charge in [0.15, 0.2) is 0 Å². The SMILES string of the molecule is COc1ccc2ccccc2c1-c1cc(C(=O)N/N=C\c2ccc(F)cc2)[nH]n1. The van der Waals surface area contributed by atoms with Gasteiger partial charge in [0.1, 0.15) is 17.3 Å². The fourth-order valence-corrected chi connectivity index (χ4v) is 3.03. The summed E-state index contributed by atoms with van der Waals surface area (Å²) in [4.78, 5) is 12.4. The van der Waals surface area contributed by atoms with Gasteiger partial charge in [-0.2, -0.15) is 10.2 Å². The molecule has 0 aliphatic rings. The molecule has 0 aliphatic heterocycles. The molecular weight excluding hydrogens is 371 g/mol. The van der Waals surface area contributed by atoms with Gasteiger partial charge >= 0.3 is 0 Å². The van der Waals surface area contributed by atoms with E-state index >= 15 is 0 Å². The van der Waals surface area contributed by atoms with Crippen LogP contribution >= 0.6 is 0 Å². The van der Waals surface area contributed by atoms with Crippen molar-refractivity contribution in [2.75, 3.05) is 7.11 Å². The number of nitrogens with zero attached hydrogens (tertiary/aromatic N) is 2. The lowest BCUT2D eigenvalue weighted by molar-refractivity contribution is 0.0950. The Morgan fingerprint density at radius 2 is 1.93 bits per heavy atom. The lowest BCUT2D eigenvalue weighted by Gasteiger charge is -2.09. The number of hydrazone groups is 1. The van der Waals surface area contributed by atoms with Gasteiger partial charge < -0.3 is 4.74 Å². The number of methoxy groups -OCH3 is 1. The van der Waals surface area contributed by atoms with Crippen molar-refractivity contribution in [2.24, 2.45) is 5.10 Å². The van der Waals surface area contributed by atoms with Crippen LogP contribution in [0.25, 0.3) is 22.0 Å². The summed E-state index contributed by atoms with van der Waals surface area (Å²) in [6.45, 7) is 0. The average molecular weight is 388 g/mol. The van der Waals surface area contributed by atoms with E-state index in [2.05, 4.69) is 20.7 Å². The second-order valence-corrected chi connectivity index (χ2v) is 6.28. The second kappa shape index (κ2) is 7.93. The van der Waals surface area contributed by atoms with Crippen LogP contribution in [0.2, 0.25) is 0 Å². The summed E-state index contributed by atoms with van der Waals surface area (Å²) in [6, 6.07) is 19.1. The molecule has 0 aliphatic carbocycles. The van der Waals surface area contributed by atoms with E-state index in [-0.39, 0.29) is 11.5 Å². The van der Waals surface area contributed by atoms with Gasteiger partial charge in [0.05, 0.1) is 24.6 Å². The molecule has 0 spiro atoms. The molecular formula is C22H17FN4O2. The number of amides is 1. The molecule has 0 saturated heterocycles. The van der Waals surface area contributed by atoms with Crippen LogP contribution in [0, 0.1) is 5.82 Å². The van der Waals surface area contributed by atoms with E-state index in [0.29, 0.717) is 17.0 Å². The van der Waals surface area contributed by atoms with Crippen LogP contribution in [0.5, 0.6) is 5.75 Å². The van der Waals surface area contributed by atoms with E-state index in [4.69, 9.17) is 4.74 Å². The zero-order chi connectivity index (χ0) is 20.2. The van der Waals surface area contributed by atoms with Gasteiger partial charge in [0, 0.05) is 0 Å². The van der Waals surface area contributed by atoms with Gasteiger partial charge in [-0.25, -0.2) is 9.82 Å². The molecule has 144 valence electrons. The first-order valence-corrected chi connectivity index (χ1v) is 8.86. The van der Waals surface area contributed by atoms with Crippen LogP contribution in [0.15, 0.2) is 71.8 Å². The number of aromatic nitrogens is 2. The Kier molecular flexibility index (Phi) is 5.03. The third kappa shape index (κ3) is 3.84. The molecule has 0 saturated carbocycles. The maximum Gasteiger partial charge on any atom is 0.289 e. The Morgan fingerprint density at radius 1 is 1.14 bits per heavy atom. The summed E-state index contributed by atoms with van der Waals surface area (Å²) < 4.78 is 18.4. The van der Waals surface area contributed by atoms with Crippen molar-refractivity contribution in [1.82, 2.24) is 15.6 Å². The van der Waals surface area contributed by atoms with Crippen LogP contribution in [-0.2, 0) is 0 Å². The lowest BCUT2D eigenvalue weighted by atomic mass is 10.0. The zero-order valence-corrected chi connectivity index (χ0v) is 15.5. The summed E-state index contributed by atoms with van der Waals surface area (Å²) in [6.07, 6.45) is 1.43. The number of benzene rings is 3. The van der Waals surface area contributed by atoms with Crippen molar-refractivity contribution < 1.29 is 13.9 Å². The molecule has 4 aromatic rings. The number of H-pyrrole nitrogens is 1. The van der Waals surface area contributed by atoms with E-state index in [1.54, 1.807) is 25.3 Å². The minimum atomic E-state index is -0.443. The minimum Gasteiger partial charge on any atom is -0.496 e. The maximum atomic E-state index is 12.9. The number of halogens is 1. The first-order chi connectivity index (χ1) is 14.2. The molecule has 1 heterocycles. The molecule has 1 amide bonds. The summed E-state index contributed by atoms with van der Waals surface area (Å²) in [5.41, 5.74) is 4.74. The Morgan fingerprint density at radius 3 is 2.72 bits per heavy atom. The van der Waals surface area contributed by atoms with E-state index in [1.165, 1.54) is 18.3 Å². The number of hydrogen-bond acceptors (Lipinski definition) is 4. The predicted octanol–water partition coefficient (Wildman–Crippen LogP) is 4.14. The smallest absolute Gasteiger partial charge is 0.289 e. The van der Waals surface area contributed by atoms with E-state index in [9.17, 15) is 9.18 Å². The van der Waals surface area contributed by atoms with Gasteiger partial charge in [0.2, 0.25) is 0 Å². The molecule has 3 aromatic carbocycles. The average Bonchev–Trinajstić information content (AvgIpc) is 3.24. The monoisotopic (exact) mass is 388 g/mol. The van der Waals surface area contributed by atoms with Crippen LogP contribution in [0.4, 0.5) is 4.39 Å². The van der Waals surface area contributed by atoms with Crippen molar-refractivity contribution >= 4 is 22.9 Å². The first-order valence-electron chi connectivity index (χ1n) is 8.86. The molecule has 7 heteroatoms. The third-order valence-corrected chi connectivity index (χ3v) is 4.44. The van der Waals surface area contributed by atoms with Crippen LogP contribution in [0.3, 0.4) is 0 Å². The highest BCUT2D eigenvalue weighted by Crippen LogP contribution is 2.36. The molecule has 0 atom stereocenters. The number of ether oxygens (including phenoxy) is 1. The Hall–Kier alpha value is -4.00. The summed E-state index contributed by atoms with van der Waals surface area (Å²) in [5.74, 6) is -0.113. The standard InChI is InChI=1S/C22H17FN4O2/c1-29-20-11-8-15-4-2-3-5-17(15)21(20)18-12-19(26-25-18)22(28)27-24-13-14-6-9-16(23)10-7-14/h2-13H,1H3,(H,25,26)(H,27,28)/b24-13-. The molecule has 29 heavy (non-hydrogen) atoms. The zero-order valence-electron chi connectivity index (χ0n) is 15.5. The number of carbonyl (C=O) groups is 1. The van der Waals surface area contributed by atoms with Crippen molar-refractivity contribution in [3.63, 3.8) is 0 Å². The normalized spacial score (nSPS) is 11.1. The predicted molar refractivity (Wildman–Crippen MR) is 110 cm³/mol. The number of nitrogens with one attached hydrogen (secondary N) is 2. The van der Waals surface area contributed by atoms with Crippen molar-refractivity contribution in [3.8, 4) is 17.0 Å². The third-order valence-electron chi connectivity index (χ3n) is 4.44. The Labute approximate surface area is 166 Å². The van der Waals surface area contributed by atoms with E-state index < -0.39 is 5.91 Å². The highest BCUT2D eigenvalue weighted by molar-refractivity contribution is 6.00. The van der Waals surface area contributed by atoms with Gasteiger partial charge in [-0.3, -0.25) is 9.89 Å². The van der Waals surface area contributed by atoms with Crippen LogP contribution < -0.4 is 10.2 Å². The summed E-state index contributed by atoms with van der Waals surface area (Å²) in [7, 11) is 1.60. The highest BCUT2D eigenvalue weighted by Gasteiger charge is 2.16. The van der Waals surface area contributed by atoms with Gasteiger partial charge in [-0.15, -0.1) is 0 Å². The minimum absolute atomic E-state index is 0.256. The first kappa shape index (κ1) is 18.4. The molecule has 6 nitrogen and oxygen atoms in total. The molecule has 2 N–H and O–H groups in total.